The molecule has 3 heteroatoms. The van der Waals surface area contributed by atoms with Crippen LogP contribution in [0.1, 0.15) is 4.88 Å². The molecule has 0 saturated heterocycles. The van der Waals surface area contributed by atoms with Crippen LogP contribution in [0.4, 0.5) is 0 Å². The molecule has 3 rings (SSSR count). The summed E-state index contributed by atoms with van der Waals surface area (Å²) in [5.74, 6) is 0. The van der Waals surface area contributed by atoms with Crippen molar-refractivity contribution in [3.05, 3.63) is 95.4 Å². The lowest BCUT2D eigenvalue weighted by Crippen LogP contribution is -2.16. The van der Waals surface area contributed by atoms with E-state index >= 15 is 0 Å². The van der Waals surface area contributed by atoms with E-state index in [-0.39, 0.29) is 0 Å². The molecule has 1 nitrogen and oxygen atoms in total. The maximum absolute atomic E-state index is 14.1. The Kier molecular flexibility index (Phi) is 4.27. The van der Waals surface area contributed by atoms with Crippen LogP contribution in [0.5, 0.6) is 0 Å². The topological polar surface area (TPSA) is 17.1 Å². The van der Waals surface area contributed by atoms with Crippen molar-refractivity contribution in [1.29, 1.82) is 0 Å². The molecule has 0 aliphatic rings. The summed E-state index contributed by atoms with van der Waals surface area (Å²) in [6.45, 7) is 3.81. The lowest BCUT2D eigenvalue weighted by Gasteiger charge is -2.20. The van der Waals surface area contributed by atoms with Crippen molar-refractivity contribution >= 4 is 34.4 Å². The van der Waals surface area contributed by atoms with E-state index in [1.165, 1.54) is 0 Å². The van der Waals surface area contributed by atoms with Crippen molar-refractivity contribution in [2.75, 3.05) is 0 Å². The average Bonchev–Trinajstić information content (AvgIpc) is 3.11. The molecule has 1 aromatic heterocycles. The molecule has 22 heavy (non-hydrogen) atoms. The van der Waals surface area contributed by atoms with Gasteiger partial charge in [-0.1, -0.05) is 73.3 Å². The summed E-state index contributed by atoms with van der Waals surface area (Å²) in [5.41, 5.74) is 2.96. The van der Waals surface area contributed by atoms with E-state index in [4.69, 9.17) is 0 Å². The van der Waals surface area contributed by atoms with Crippen LogP contribution in [0.25, 0.3) is 5.31 Å². The van der Waals surface area contributed by atoms with Crippen LogP contribution in [0.2, 0.25) is 0 Å². The van der Waals surface area contributed by atoms with Crippen molar-refractivity contribution < 1.29 is 4.57 Å². The van der Waals surface area contributed by atoms with Crippen LogP contribution in [0.3, 0.4) is 0 Å². The molecule has 1 heterocycles. The normalized spacial score (nSPS) is 10.9. The van der Waals surface area contributed by atoms with Crippen LogP contribution < -0.4 is 10.6 Å². The molecule has 0 amide bonds. The van der Waals surface area contributed by atoms with Gasteiger partial charge in [0, 0.05) is 15.5 Å². The maximum Gasteiger partial charge on any atom is 0.179 e. The molecule has 0 saturated carbocycles. The second kappa shape index (κ2) is 6.34. The Hall–Kier alpha value is -2.11. The number of hydrogen-bond acceptors (Lipinski definition) is 2. The third-order valence-corrected chi connectivity index (χ3v) is 7.59. The van der Waals surface area contributed by atoms with E-state index in [0.717, 1.165) is 15.5 Å². The Labute approximate surface area is 134 Å². The smallest absolute Gasteiger partial charge is 0.179 e. The summed E-state index contributed by atoms with van der Waals surface area (Å²) in [7, 11) is -2.97. The zero-order valence-corrected chi connectivity index (χ0v) is 13.7. The summed E-state index contributed by atoms with van der Waals surface area (Å²) < 4.78 is 14.1. The first-order chi connectivity index (χ1) is 10.8. The average molecular weight is 322 g/mol. The molecule has 0 N–H and O–H groups in total. The van der Waals surface area contributed by atoms with Crippen LogP contribution in [-0.4, -0.2) is 0 Å². The van der Waals surface area contributed by atoms with Crippen molar-refractivity contribution in [2.45, 2.75) is 0 Å². The fourth-order valence-corrected chi connectivity index (χ4v) is 6.24. The summed E-state index contributed by atoms with van der Waals surface area (Å²) in [6, 6.07) is 23.1. The first-order valence-electron chi connectivity index (χ1n) is 6.92. The number of hydrogen-bond donors (Lipinski definition) is 0. The van der Waals surface area contributed by atoms with E-state index in [0.29, 0.717) is 5.31 Å². The van der Waals surface area contributed by atoms with Crippen molar-refractivity contribution in [3.63, 3.8) is 0 Å². The minimum atomic E-state index is -2.97. The van der Waals surface area contributed by atoms with Crippen LogP contribution >= 0.6 is 18.5 Å². The summed E-state index contributed by atoms with van der Waals surface area (Å²) in [5, 5.41) is 4.27. The lowest BCUT2D eigenvalue weighted by atomic mass is 10.4. The highest BCUT2D eigenvalue weighted by Crippen LogP contribution is 2.56. The Bertz CT molecular complexity index is 801. The van der Waals surface area contributed by atoms with Gasteiger partial charge in [-0.25, -0.2) is 0 Å². The molecule has 0 unspecified atom stereocenters. The van der Waals surface area contributed by atoms with Crippen molar-refractivity contribution in [1.82, 2.24) is 0 Å². The zero-order valence-electron chi connectivity index (χ0n) is 12.0. The lowest BCUT2D eigenvalue weighted by molar-refractivity contribution is 0.593. The molecule has 0 aliphatic heterocycles. The first kappa shape index (κ1) is 14.8. The maximum atomic E-state index is 14.1. The number of thiophene rings is 1. The van der Waals surface area contributed by atoms with Gasteiger partial charge in [-0.05, 0) is 11.4 Å². The molecular weight excluding hydrogens is 307 g/mol. The standard InChI is InChI=1S/C19H15OPS/c1-2-18(19-14-9-15-22-19)21(20,16-10-5-3-6-11-16)17-12-7-4-8-13-17/h3-15H,1H2. The monoisotopic (exact) mass is 322 g/mol. The Morgan fingerprint density at radius 2 is 1.41 bits per heavy atom. The van der Waals surface area contributed by atoms with Gasteiger partial charge in [0.2, 0.25) is 0 Å². The molecule has 0 fully saturated rings. The van der Waals surface area contributed by atoms with E-state index in [1.54, 1.807) is 11.3 Å². The van der Waals surface area contributed by atoms with Gasteiger partial charge < -0.3 is 4.57 Å². The van der Waals surface area contributed by atoms with Gasteiger partial charge in [0.1, 0.15) is 0 Å². The highest BCUT2D eigenvalue weighted by molar-refractivity contribution is 7.87. The molecule has 3 aromatic rings. The molecule has 0 aliphatic carbocycles. The van der Waals surface area contributed by atoms with Gasteiger partial charge in [0.15, 0.2) is 7.14 Å². The molecule has 0 radical (unpaired) electrons. The third-order valence-electron chi connectivity index (χ3n) is 3.48. The van der Waals surface area contributed by atoms with Crippen LogP contribution in [0.15, 0.2) is 90.5 Å². The fraction of sp³-hybridized carbons (Fsp3) is 0. The summed E-state index contributed by atoms with van der Waals surface area (Å²) in [4.78, 5) is 0.950. The van der Waals surface area contributed by atoms with Gasteiger partial charge >= 0.3 is 0 Å². The van der Waals surface area contributed by atoms with Gasteiger partial charge in [0.05, 0.1) is 5.31 Å². The Balaban J connectivity index is 2.30. The summed E-state index contributed by atoms with van der Waals surface area (Å²) >= 11 is 1.56. The Morgan fingerprint density at radius 3 is 1.82 bits per heavy atom. The van der Waals surface area contributed by atoms with E-state index in [2.05, 4.69) is 12.3 Å². The minimum Gasteiger partial charge on any atom is -0.308 e. The van der Waals surface area contributed by atoms with E-state index in [9.17, 15) is 4.57 Å². The van der Waals surface area contributed by atoms with Gasteiger partial charge in [-0.15, -0.1) is 17.1 Å². The summed E-state index contributed by atoms with van der Waals surface area (Å²) in [6.07, 6.45) is 0. The predicted octanol–water partition coefficient (Wildman–Crippen LogP) is 4.89. The molecule has 0 atom stereocenters. The van der Waals surface area contributed by atoms with Crippen molar-refractivity contribution in [3.8, 4) is 0 Å². The SMILES string of the molecule is C=C=C(c1cccs1)P(=O)(c1ccccc1)c1ccccc1. The Morgan fingerprint density at radius 1 is 0.864 bits per heavy atom. The zero-order chi connectivity index (χ0) is 15.4. The second-order valence-corrected chi connectivity index (χ2v) is 8.43. The number of benzene rings is 2. The van der Waals surface area contributed by atoms with E-state index in [1.807, 2.05) is 78.2 Å². The molecule has 0 bridgehead atoms. The minimum absolute atomic E-state index is 0.680. The van der Waals surface area contributed by atoms with Gasteiger partial charge in [-0.3, -0.25) is 0 Å². The highest BCUT2D eigenvalue weighted by atomic mass is 32.1. The molecule has 2 aromatic carbocycles. The van der Waals surface area contributed by atoms with E-state index < -0.39 is 7.14 Å². The quantitative estimate of drug-likeness (QED) is 0.494. The van der Waals surface area contributed by atoms with Crippen LogP contribution in [-0.2, 0) is 4.57 Å². The third kappa shape index (κ3) is 2.53. The first-order valence-corrected chi connectivity index (χ1v) is 9.51. The fourth-order valence-electron chi connectivity index (χ4n) is 2.45. The molecule has 108 valence electrons. The number of rotatable bonds is 4. The molecular formula is C19H15OPS. The van der Waals surface area contributed by atoms with Crippen molar-refractivity contribution in [2.24, 2.45) is 0 Å². The van der Waals surface area contributed by atoms with Gasteiger partial charge in [0.25, 0.3) is 0 Å². The van der Waals surface area contributed by atoms with Crippen LogP contribution in [0, 0.1) is 0 Å². The molecule has 0 spiro atoms. The highest BCUT2D eigenvalue weighted by Gasteiger charge is 2.33. The van der Waals surface area contributed by atoms with Gasteiger partial charge in [-0.2, -0.15) is 0 Å². The second-order valence-electron chi connectivity index (χ2n) is 4.78. The predicted molar refractivity (Wildman–Crippen MR) is 96.6 cm³/mol. The largest absolute Gasteiger partial charge is 0.308 e.